The molecule has 0 aromatic carbocycles. The fraction of sp³-hybridized carbons (Fsp3) is 0.692. The minimum atomic E-state index is 0.0878. The Kier molecular flexibility index (Phi) is 4.42. The molecule has 106 valence electrons. The monoisotopic (exact) mass is 283 g/mol. The summed E-state index contributed by atoms with van der Waals surface area (Å²) in [5.41, 5.74) is 0.818. The van der Waals surface area contributed by atoms with Crippen LogP contribution in [0.25, 0.3) is 0 Å². The van der Waals surface area contributed by atoms with Crippen molar-refractivity contribution < 1.29 is 9.53 Å². The highest BCUT2D eigenvalue weighted by Crippen LogP contribution is 2.27. The Bertz CT molecular complexity index is 459. The highest BCUT2D eigenvalue weighted by atomic mass is 32.1. The van der Waals surface area contributed by atoms with E-state index >= 15 is 0 Å². The molecule has 2 rings (SSSR count). The maximum absolute atomic E-state index is 12.5. The van der Waals surface area contributed by atoms with Crippen LogP contribution in [-0.4, -0.2) is 56.2 Å². The second-order valence-electron chi connectivity index (χ2n) is 5.06. The average Bonchev–Trinajstić information content (AvgIpc) is 2.80. The van der Waals surface area contributed by atoms with E-state index in [0.29, 0.717) is 6.54 Å². The van der Waals surface area contributed by atoms with Crippen molar-refractivity contribution in [3.63, 3.8) is 0 Å². The van der Waals surface area contributed by atoms with Crippen LogP contribution >= 0.6 is 11.3 Å². The first kappa shape index (κ1) is 14.3. The molecule has 19 heavy (non-hydrogen) atoms. The minimum absolute atomic E-state index is 0.0878. The van der Waals surface area contributed by atoms with Gasteiger partial charge in [-0.15, -0.1) is 0 Å². The van der Waals surface area contributed by atoms with Crippen molar-refractivity contribution in [3.05, 3.63) is 10.6 Å². The first-order valence-electron chi connectivity index (χ1n) is 6.49. The Hall–Kier alpha value is -1.14. The number of carbonyl (C=O) groups is 1. The van der Waals surface area contributed by atoms with Gasteiger partial charge in [-0.25, -0.2) is 4.98 Å². The summed E-state index contributed by atoms with van der Waals surface area (Å²) in [6, 6.07) is 0. The lowest BCUT2D eigenvalue weighted by Crippen LogP contribution is -2.42. The Morgan fingerprint density at radius 2 is 2.26 bits per heavy atom. The number of likely N-dealkylation sites (tertiary alicyclic amines) is 1. The molecule has 2 heterocycles. The predicted molar refractivity (Wildman–Crippen MR) is 77.1 cm³/mol. The van der Waals surface area contributed by atoms with Crippen molar-refractivity contribution in [1.82, 2.24) is 9.88 Å². The van der Waals surface area contributed by atoms with Gasteiger partial charge >= 0.3 is 0 Å². The molecule has 1 aliphatic rings. The van der Waals surface area contributed by atoms with Crippen molar-refractivity contribution in [3.8, 4) is 0 Å². The second kappa shape index (κ2) is 5.88. The quantitative estimate of drug-likeness (QED) is 0.848. The number of nitrogens with zero attached hydrogens (tertiary/aromatic N) is 3. The van der Waals surface area contributed by atoms with E-state index in [2.05, 4.69) is 4.98 Å². The number of hydrogen-bond acceptors (Lipinski definition) is 5. The highest BCUT2D eigenvalue weighted by molar-refractivity contribution is 7.17. The molecule has 1 amide bonds. The molecular formula is C13H21N3O2S. The Balaban J connectivity index is 2.14. The third-order valence-electron chi connectivity index (χ3n) is 3.36. The summed E-state index contributed by atoms with van der Waals surface area (Å²) in [5.74, 6) is 0.0878. The van der Waals surface area contributed by atoms with Gasteiger partial charge in [0.15, 0.2) is 5.13 Å². The van der Waals surface area contributed by atoms with Crippen LogP contribution in [0, 0.1) is 6.92 Å². The maximum Gasteiger partial charge on any atom is 0.266 e. The summed E-state index contributed by atoms with van der Waals surface area (Å²) in [7, 11) is 5.59. The molecular weight excluding hydrogens is 262 g/mol. The third kappa shape index (κ3) is 3.06. The first-order chi connectivity index (χ1) is 9.02. The normalized spacial score (nSPS) is 19.6. The van der Waals surface area contributed by atoms with Gasteiger partial charge in [-0.2, -0.15) is 0 Å². The fourth-order valence-corrected chi connectivity index (χ4v) is 3.19. The number of ether oxygens (including phenoxy) is 1. The van der Waals surface area contributed by atoms with Gasteiger partial charge in [0.1, 0.15) is 4.88 Å². The molecule has 0 spiro atoms. The Morgan fingerprint density at radius 1 is 1.53 bits per heavy atom. The molecule has 1 aromatic heterocycles. The van der Waals surface area contributed by atoms with Gasteiger partial charge in [0.25, 0.3) is 5.91 Å². The molecule has 0 bridgehead atoms. The van der Waals surface area contributed by atoms with Crippen molar-refractivity contribution in [1.29, 1.82) is 0 Å². The van der Waals surface area contributed by atoms with E-state index in [-0.39, 0.29) is 12.0 Å². The molecule has 1 atom stereocenters. The molecule has 5 nitrogen and oxygen atoms in total. The number of rotatable bonds is 3. The van der Waals surface area contributed by atoms with E-state index in [0.717, 1.165) is 35.1 Å². The van der Waals surface area contributed by atoms with Crippen molar-refractivity contribution in [2.75, 3.05) is 39.2 Å². The summed E-state index contributed by atoms with van der Waals surface area (Å²) in [6.45, 7) is 3.39. The van der Waals surface area contributed by atoms with Crippen LogP contribution in [0.1, 0.15) is 28.2 Å². The molecule has 1 aromatic rings. The zero-order valence-corrected chi connectivity index (χ0v) is 12.8. The molecule has 1 aliphatic heterocycles. The van der Waals surface area contributed by atoms with Gasteiger partial charge in [0, 0.05) is 34.3 Å². The Labute approximate surface area is 118 Å². The molecule has 0 unspecified atom stereocenters. The van der Waals surface area contributed by atoms with Crippen molar-refractivity contribution in [2.45, 2.75) is 25.9 Å². The zero-order valence-electron chi connectivity index (χ0n) is 12.0. The summed E-state index contributed by atoms with van der Waals surface area (Å²) in [4.78, 5) is 21.5. The van der Waals surface area contributed by atoms with Crippen LogP contribution < -0.4 is 4.90 Å². The van der Waals surface area contributed by atoms with E-state index in [1.807, 2.05) is 30.8 Å². The van der Waals surface area contributed by atoms with Crippen LogP contribution in [0.5, 0.6) is 0 Å². The lowest BCUT2D eigenvalue weighted by molar-refractivity contribution is 0.0271. The summed E-state index contributed by atoms with van der Waals surface area (Å²) >= 11 is 1.46. The molecule has 0 saturated carbocycles. The van der Waals surface area contributed by atoms with E-state index in [1.165, 1.54) is 11.3 Å². The van der Waals surface area contributed by atoms with Crippen molar-refractivity contribution in [2.24, 2.45) is 0 Å². The zero-order chi connectivity index (χ0) is 14.0. The van der Waals surface area contributed by atoms with E-state index in [9.17, 15) is 4.79 Å². The van der Waals surface area contributed by atoms with Gasteiger partial charge in [0.2, 0.25) is 0 Å². The van der Waals surface area contributed by atoms with Crippen LogP contribution in [0.15, 0.2) is 0 Å². The minimum Gasteiger partial charge on any atom is -0.380 e. The largest absolute Gasteiger partial charge is 0.380 e. The molecule has 1 fully saturated rings. The molecule has 1 saturated heterocycles. The topological polar surface area (TPSA) is 45.7 Å². The predicted octanol–water partition coefficient (Wildman–Crippen LogP) is 1.77. The smallest absolute Gasteiger partial charge is 0.266 e. The van der Waals surface area contributed by atoms with Crippen LogP contribution in [0.3, 0.4) is 0 Å². The number of hydrogen-bond donors (Lipinski definition) is 0. The number of methoxy groups -OCH3 is 1. The second-order valence-corrected chi connectivity index (χ2v) is 6.03. The molecule has 0 radical (unpaired) electrons. The number of thiazole rings is 1. The number of amides is 1. The number of anilines is 1. The van der Waals surface area contributed by atoms with Gasteiger partial charge in [-0.05, 0) is 19.8 Å². The SMILES string of the molecule is CO[C@@H]1CCCN(C(=O)c2sc(N(C)C)nc2C)C1. The highest BCUT2D eigenvalue weighted by Gasteiger charge is 2.27. The van der Waals surface area contributed by atoms with Gasteiger partial charge in [0.05, 0.1) is 11.8 Å². The number of piperidine rings is 1. The standard InChI is InChI=1S/C13H21N3O2S/c1-9-11(19-13(14-9)15(2)3)12(17)16-7-5-6-10(8-16)18-4/h10H,5-8H2,1-4H3/t10-/m1/s1. The summed E-state index contributed by atoms with van der Waals surface area (Å²) in [5, 5.41) is 0.876. The molecule has 0 aliphatic carbocycles. The van der Waals surface area contributed by atoms with Crippen LogP contribution in [0.4, 0.5) is 5.13 Å². The molecule has 6 heteroatoms. The van der Waals surface area contributed by atoms with Gasteiger partial charge < -0.3 is 14.5 Å². The number of aryl methyl sites for hydroxylation is 1. The van der Waals surface area contributed by atoms with Gasteiger partial charge in [-0.1, -0.05) is 11.3 Å². The summed E-state index contributed by atoms with van der Waals surface area (Å²) < 4.78 is 5.37. The summed E-state index contributed by atoms with van der Waals surface area (Å²) in [6.07, 6.45) is 2.20. The van der Waals surface area contributed by atoms with E-state index in [4.69, 9.17) is 4.74 Å². The lowest BCUT2D eigenvalue weighted by Gasteiger charge is -2.31. The fourth-order valence-electron chi connectivity index (χ4n) is 2.23. The third-order valence-corrected chi connectivity index (χ3v) is 4.67. The van der Waals surface area contributed by atoms with Gasteiger partial charge in [-0.3, -0.25) is 4.79 Å². The van der Waals surface area contributed by atoms with Crippen molar-refractivity contribution >= 4 is 22.4 Å². The van der Waals surface area contributed by atoms with E-state index < -0.39 is 0 Å². The lowest BCUT2D eigenvalue weighted by atomic mass is 10.1. The van der Waals surface area contributed by atoms with E-state index in [1.54, 1.807) is 7.11 Å². The number of carbonyl (C=O) groups excluding carboxylic acids is 1. The average molecular weight is 283 g/mol. The molecule has 0 N–H and O–H groups in total. The maximum atomic E-state index is 12.5. The van der Waals surface area contributed by atoms with Crippen LogP contribution in [0.2, 0.25) is 0 Å². The van der Waals surface area contributed by atoms with Crippen LogP contribution in [-0.2, 0) is 4.74 Å². The number of aromatic nitrogens is 1. The first-order valence-corrected chi connectivity index (χ1v) is 7.31. The Morgan fingerprint density at radius 3 is 2.84 bits per heavy atom.